The van der Waals surface area contributed by atoms with Gasteiger partial charge in [0.25, 0.3) is 0 Å². The van der Waals surface area contributed by atoms with Crippen molar-refractivity contribution in [3.63, 3.8) is 0 Å². The van der Waals surface area contributed by atoms with E-state index in [0.29, 0.717) is 0 Å². The first-order valence-electron chi connectivity index (χ1n) is 13.2. The zero-order chi connectivity index (χ0) is 22.2. The molecule has 7 nitrogen and oxygen atoms in total. The first-order chi connectivity index (χ1) is 16.3. The quantitative estimate of drug-likeness (QED) is 0.584. The van der Waals surface area contributed by atoms with Crippen LogP contribution in [0.15, 0.2) is 12.1 Å². The second-order valence-electron chi connectivity index (χ2n) is 10.5. The van der Waals surface area contributed by atoms with Crippen molar-refractivity contribution in [3.8, 4) is 0 Å². The third-order valence-corrected chi connectivity index (χ3v) is 8.28. The van der Waals surface area contributed by atoms with Crippen LogP contribution in [0.1, 0.15) is 41.6 Å². The Morgan fingerprint density at radius 2 is 1.27 bits per heavy atom. The molecule has 180 valence electrons. The molecule has 7 heteroatoms. The molecule has 33 heavy (non-hydrogen) atoms. The lowest BCUT2D eigenvalue weighted by Crippen LogP contribution is -2.50. The molecule has 3 heterocycles. The summed E-state index contributed by atoms with van der Waals surface area (Å²) in [5.74, 6) is 0. The van der Waals surface area contributed by atoms with Crippen LogP contribution in [0.4, 0.5) is 11.4 Å². The Balaban J connectivity index is 1.30. The van der Waals surface area contributed by atoms with E-state index in [4.69, 9.17) is 4.74 Å². The smallest absolute Gasteiger partial charge is 0.152 e. The van der Waals surface area contributed by atoms with Crippen LogP contribution in [0.25, 0.3) is 0 Å². The van der Waals surface area contributed by atoms with Crippen LogP contribution >= 0.6 is 0 Å². The molecule has 3 saturated heterocycles. The summed E-state index contributed by atoms with van der Waals surface area (Å²) in [4.78, 5) is 25.2. The number of piperazine rings is 2. The molecule has 3 aliphatic heterocycles. The first kappa shape index (κ1) is 21.8. The van der Waals surface area contributed by atoms with Crippen LogP contribution in [0.3, 0.4) is 0 Å². The standard InChI is InChI=1S/C26H39N5O2/c32-20-22-2-1-21(19-27-15-17-33-18-16-27)25(30-11-7-28(8-12-30)23-3-4-23)26(22)31-13-9-29(10-14-31)24-5-6-24/h1-2,20,23-24H,3-19H2. The lowest BCUT2D eigenvalue weighted by atomic mass is 10.0. The van der Waals surface area contributed by atoms with E-state index >= 15 is 0 Å². The van der Waals surface area contributed by atoms with E-state index in [2.05, 4.69) is 36.6 Å². The number of aldehydes is 1. The number of hydrogen-bond acceptors (Lipinski definition) is 7. The monoisotopic (exact) mass is 453 g/mol. The van der Waals surface area contributed by atoms with Crippen molar-refractivity contribution in [3.05, 3.63) is 23.3 Å². The summed E-state index contributed by atoms with van der Waals surface area (Å²) in [5.41, 5.74) is 4.77. The maximum Gasteiger partial charge on any atom is 0.152 e. The van der Waals surface area contributed by atoms with Crippen molar-refractivity contribution in [1.29, 1.82) is 0 Å². The number of anilines is 2. The zero-order valence-electron chi connectivity index (χ0n) is 20.0. The topological polar surface area (TPSA) is 42.5 Å². The van der Waals surface area contributed by atoms with Gasteiger partial charge in [-0.1, -0.05) is 6.07 Å². The molecule has 2 saturated carbocycles. The maximum atomic E-state index is 12.2. The van der Waals surface area contributed by atoms with Gasteiger partial charge in [-0.25, -0.2) is 0 Å². The number of hydrogen-bond donors (Lipinski definition) is 0. The molecule has 0 N–H and O–H groups in total. The van der Waals surface area contributed by atoms with Crippen LogP contribution in [-0.2, 0) is 11.3 Å². The van der Waals surface area contributed by atoms with Gasteiger partial charge in [0.05, 0.1) is 24.6 Å². The predicted molar refractivity (Wildman–Crippen MR) is 132 cm³/mol. The van der Waals surface area contributed by atoms with Crippen LogP contribution in [0.2, 0.25) is 0 Å². The lowest BCUT2D eigenvalue weighted by molar-refractivity contribution is 0.0342. The number of morpholine rings is 1. The number of carbonyl (C=O) groups excluding carboxylic acids is 1. The summed E-state index contributed by atoms with van der Waals surface area (Å²) in [6.45, 7) is 13.2. The Bertz CT molecular complexity index is 833. The van der Waals surface area contributed by atoms with Crippen molar-refractivity contribution < 1.29 is 9.53 Å². The van der Waals surface area contributed by atoms with Crippen molar-refractivity contribution in [2.24, 2.45) is 0 Å². The average Bonchev–Trinajstić information content (AvgIpc) is 3.78. The lowest BCUT2D eigenvalue weighted by Gasteiger charge is -2.43. The van der Waals surface area contributed by atoms with Crippen LogP contribution in [-0.4, -0.2) is 112 Å². The zero-order valence-corrected chi connectivity index (χ0v) is 20.0. The first-order valence-corrected chi connectivity index (χ1v) is 13.2. The van der Waals surface area contributed by atoms with Gasteiger partial charge in [-0.05, 0) is 37.3 Å². The molecule has 0 radical (unpaired) electrons. The fraction of sp³-hybridized carbons (Fsp3) is 0.731. The molecule has 6 rings (SSSR count). The number of rotatable bonds is 7. The number of nitrogens with zero attached hydrogens (tertiary/aromatic N) is 5. The Hall–Kier alpha value is -1.67. The van der Waals surface area contributed by atoms with Gasteiger partial charge >= 0.3 is 0 Å². The highest BCUT2D eigenvalue weighted by Gasteiger charge is 2.35. The van der Waals surface area contributed by atoms with Gasteiger partial charge in [0.2, 0.25) is 0 Å². The fourth-order valence-electron chi connectivity index (χ4n) is 6.05. The summed E-state index contributed by atoms with van der Waals surface area (Å²) < 4.78 is 5.60. The molecule has 0 spiro atoms. The SMILES string of the molecule is O=Cc1ccc(CN2CCOCC2)c(N2CCN(C3CC3)CC2)c1N1CCN(C2CC2)CC1. The van der Waals surface area contributed by atoms with Crippen LogP contribution < -0.4 is 9.80 Å². The average molecular weight is 454 g/mol. The molecule has 5 aliphatic rings. The summed E-state index contributed by atoms with van der Waals surface area (Å²) in [6.07, 6.45) is 6.57. The minimum Gasteiger partial charge on any atom is -0.379 e. The Labute approximate surface area is 198 Å². The van der Waals surface area contributed by atoms with Gasteiger partial charge < -0.3 is 14.5 Å². The molecule has 1 aromatic carbocycles. The van der Waals surface area contributed by atoms with E-state index < -0.39 is 0 Å². The Morgan fingerprint density at radius 1 is 0.727 bits per heavy atom. The van der Waals surface area contributed by atoms with E-state index in [9.17, 15) is 4.79 Å². The number of carbonyl (C=O) groups is 1. The predicted octanol–water partition coefficient (Wildman–Crippen LogP) is 1.90. The summed E-state index contributed by atoms with van der Waals surface area (Å²) in [7, 11) is 0. The molecule has 1 aromatic rings. The van der Waals surface area contributed by atoms with E-state index in [0.717, 1.165) is 109 Å². The third kappa shape index (κ3) is 4.78. The highest BCUT2D eigenvalue weighted by Crippen LogP contribution is 2.39. The fourth-order valence-corrected chi connectivity index (χ4v) is 6.05. The van der Waals surface area contributed by atoms with E-state index in [1.807, 2.05) is 0 Å². The van der Waals surface area contributed by atoms with Crippen LogP contribution in [0, 0.1) is 0 Å². The number of benzene rings is 1. The normalized spacial score (nSPS) is 26.1. The van der Waals surface area contributed by atoms with Gasteiger partial charge in [-0.3, -0.25) is 19.5 Å². The second kappa shape index (κ2) is 9.53. The van der Waals surface area contributed by atoms with Gasteiger partial charge in [-0.2, -0.15) is 0 Å². The molecular weight excluding hydrogens is 414 g/mol. The summed E-state index contributed by atoms with van der Waals surface area (Å²) >= 11 is 0. The van der Waals surface area contributed by atoms with Crippen molar-refractivity contribution >= 4 is 17.7 Å². The molecule has 0 unspecified atom stereocenters. The Morgan fingerprint density at radius 3 is 1.79 bits per heavy atom. The number of ether oxygens (including phenoxy) is 1. The van der Waals surface area contributed by atoms with Gasteiger partial charge in [-0.15, -0.1) is 0 Å². The minimum absolute atomic E-state index is 0.817. The van der Waals surface area contributed by atoms with Crippen LogP contribution in [0.5, 0.6) is 0 Å². The maximum absolute atomic E-state index is 12.2. The van der Waals surface area contributed by atoms with E-state index in [-0.39, 0.29) is 0 Å². The molecule has 0 bridgehead atoms. The van der Waals surface area contributed by atoms with E-state index in [1.165, 1.54) is 42.6 Å². The minimum atomic E-state index is 0.817. The Kier molecular flexibility index (Phi) is 6.30. The third-order valence-electron chi connectivity index (χ3n) is 8.28. The highest BCUT2D eigenvalue weighted by atomic mass is 16.5. The summed E-state index contributed by atoms with van der Waals surface area (Å²) in [5, 5.41) is 0. The molecule has 0 amide bonds. The molecular formula is C26H39N5O2. The largest absolute Gasteiger partial charge is 0.379 e. The van der Waals surface area contributed by atoms with Gasteiger partial charge in [0.15, 0.2) is 6.29 Å². The van der Waals surface area contributed by atoms with Gasteiger partial charge in [0.1, 0.15) is 0 Å². The van der Waals surface area contributed by atoms with Crippen molar-refractivity contribution in [2.45, 2.75) is 44.3 Å². The molecule has 5 fully saturated rings. The second-order valence-corrected chi connectivity index (χ2v) is 10.5. The van der Waals surface area contributed by atoms with Crippen molar-refractivity contribution in [1.82, 2.24) is 14.7 Å². The molecule has 2 aliphatic carbocycles. The molecule has 0 atom stereocenters. The summed E-state index contributed by atoms with van der Waals surface area (Å²) in [6, 6.07) is 5.96. The van der Waals surface area contributed by atoms with Gasteiger partial charge in [0, 0.05) is 89.6 Å². The highest BCUT2D eigenvalue weighted by molar-refractivity contribution is 5.93. The molecule has 0 aromatic heterocycles. The van der Waals surface area contributed by atoms with Crippen molar-refractivity contribution in [2.75, 3.05) is 88.5 Å². The van der Waals surface area contributed by atoms with E-state index in [1.54, 1.807) is 0 Å².